The van der Waals surface area contributed by atoms with Crippen LogP contribution in [0.5, 0.6) is 0 Å². The average molecular weight is 367 g/mol. The van der Waals surface area contributed by atoms with Gasteiger partial charge in [-0.1, -0.05) is 63.1 Å². The lowest BCUT2D eigenvalue weighted by atomic mass is 9.97. The van der Waals surface area contributed by atoms with E-state index in [1.807, 2.05) is 6.20 Å². The van der Waals surface area contributed by atoms with Gasteiger partial charge in [0.15, 0.2) is 0 Å². The number of benzene rings is 2. The minimum atomic E-state index is -0.827. The lowest BCUT2D eigenvalue weighted by Crippen LogP contribution is -2.37. The molecule has 1 N–H and O–H groups in total. The first-order valence-electron chi connectivity index (χ1n) is 10.0. The zero-order valence-corrected chi connectivity index (χ0v) is 16.4. The molecular weight excluding hydrogens is 336 g/mol. The Morgan fingerprint density at radius 3 is 2.26 bits per heavy atom. The van der Waals surface area contributed by atoms with Gasteiger partial charge in [0.05, 0.1) is 19.6 Å². The molecular formula is C23H30N2O2. The third-order valence-electron chi connectivity index (χ3n) is 4.81. The van der Waals surface area contributed by atoms with E-state index >= 15 is 0 Å². The smallest absolute Gasteiger partial charge is 0.202 e. The van der Waals surface area contributed by atoms with Crippen molar-refractivity contribution in [3.05, 3.63) is 66.2 Å². The topological polar surface area (TPSA) is 47.1 Å². The molecule has 3 aromatic rings. The van der Waals surface area contributed by atoms with Crippen molar-refractivity contribution in [2.45, 2.75) is 51.7 Å². The van der Waals surface area contributed by atoms with Crippen LogP contribution in [0.1, 0.15) is 50.9 Å². The highest BCUT2D eigenvalue weighted by molar-refractivity contribution is 5.83. The Hall–Kier alpha value is -2.17. The van der Waals surface area contributed by atoms with Gasteiger partial charge < -0.3 is 14.5 Å². The fraction of sp³-hybridized carbons (Fsp3) is 0.435. The van der Waals surface area contributed by atoms with E-state index in [0.29, 0.717) is 19.6 Å². The fourth-order valence-electron chi connectivity index (χ4n) is 3.22. The maximum Gasteiger partial charge on any atom is 0.202 e. The second-order valence-electron chi connectivity index (χ2n) is 6.93. The molecule has 2 aromatic carbocycles. The second-order valence-corrected chi connectivity index (χ2v) is 6.93. The Bertz CT molecular complexity index is 804. The van der Waals surface area contributed by atoms with Crippen LogP contribution in [0.3, 0.4) is 0 Å². The minimum Gasteiger partial charge on any atom is -0.348 e. The first kappa shape index (κ1) is 19.6. The van der Waals surface area contributed by atoms with Crippen molar-refractivity contribution in [3.8, 4) is 0 Å². The van der Waals surface area contributed by atoms with Crippen LogP contribution in [0.2, 0.25) is 0 Å². The summed E-state index contributed by atoms with van der Waals surface area (Å²) in [4.78, 5) is 7.64. The van der Waals surface area contributed by atoms with Crippen LogP contribution in [-0.4, -0.2) is 23.2 Å². The third-order valence-corrected chi connectivity index (χ3v) is 4.81. The Labute approximate surface area is 161 Å². The van der Waals surface area contributed by atoms with E-state index in [1.54, 1.807) is 6.20 Å². The normalized spacial score (nSPS) is 11.9. The van der Waals surface area contributed by atoms with E-state index in [2.05, 4.69) is 66.3 Å². The van der Waals surface area contributed by atoms with Crippen LogP contribution in [0.4, 0.5) is 0 Å². The first-order valence-corrected chi connectivity index (χ1v) is 10.0. The van der Waals surface area contributed by atoms with E-state index in [9.17, 15) is 0 Å². The Balaban J connectivity index is 1.99. The molecule has 0 spiro atoms. The van der Waals surface area contributed by atoms with Crippen LogP contribution < -0.4 is 0 Å². The van der Waals surface area contributed by atoms with Crippen LogP contribution in [0.15, 0.2) is 54.9 Å². The van der Waals surface area contributed by atoms with E-state index in [1.165, 1.54) is 10.8 Å². The van der Waals surface area contributed by atoms with Crippen molar-refractivity contribution < 1.29 is 9.47 Å². The zero-order chi connectivity index (χ0) is 19.0. The largest absolute Gasteiger partial charge is 0.348 e. The van der Waals surface area contributed by atoms with Gasteiger partial charge in [0.1, 0.15) is 5.82 Å². The lowest BCUT2D eigenvalue weighted by molar-refractivity contribution is -0.248. The van der Waals surface area contributed by atoms with Gasteiger partial charge >= 0.3 is 0 Å². The summed E-state index contributed by atoms with van der Waals surface area (Å²) in [6, 6.07) is 14.9. The highest BCUT2D eigenvalue weighted by Crippen LogP contribution is 2.33. The number of unbranched alkanes of at least 4 members (excludes halogenated alkanes) is 2. The summed E-state index contributed by atoms with van der Waals surface area (Å²) in [5.41, 5.74) is 1.05. The molecule has 4 nitrogen and oxygen atoms in total. The van der Waals surface area contributed by atoms with Crippen LogP contribution in [-0.2, 0) is 21.7 Å². The molecule has 0 amide bonds. The molecule has 0 saturated carbocycles. The number of imidazole rings is 1. The van der Waals surface area contributed by atoms with Gasteiger partial charge in [-0.3, -0.25) is 0 Å². The summed E-state index contributed by atoms with van der Waals surface area (Å²) < 4.78 is 12.9. The molecule has 0 aliphatic rings. The lowest BCUT2D eigenvalue weighted by Gasteiger charge is -2.34. The molecule has 0 bridgehead atoms. The standard InChI is InChI=1S/C23H30N2O2/c1-3-5-15-26-23(27-16-6-4-2,18-22-24-13-14-25-22)21-12-11-19-9-7-8-10-20(19)17-21/h7-14,17H,3-6,15-16,18H2,1-2H3,(H,24,25). The number of aromatic amines is 1. The number of aromatic nitrogens is 2. The van der Waals surface area contributed by atoms with Crippen LogP contribution >= 0.6 is 0 Å². The first-order chi connectivity index (χ1) is 13.3. The molecule has 144 valence electrons. The molecule has 0 radical (unpaired) electrons. The molecule has 0 saturated heterocycles. The maximum absolute atomic E-state index is 6.44. The monoisotopic (exact) mass is 366 g/mol. The number of nitrogens with zero attached hydrogens (tertiary/aromatic N) is 1. The minimum absolute atomic E-state index is 0.561. The number of fused-ring (bicyclic) bond motifs is 1. The van der Waals surface area contributed by atoms with Crippen molar-refractivity contribution in [1.29, 1.82) is 0 Å². The summed E-state index contributed by atoms with van der Waals surface area (Å²) in [5, 5.41) is 2.41. The van der Waals surface area contributed by atoms with Gasteiger partial charge in [-0.15, -0.1) is 0 Å². The zero-order valence-electron chi connectivity index (χ0n) is 16.4. The summed E-state index contributed by atoms with van der Waals surface area (Å²) in [6.45, 7) is 5.67. The molecule has 0 aliphatic carbocycles. The van der Waals surface area contributed by atoms with Gasteiger partial charge in [-0.05, 0) is 29.7 Å². The number of hydrogen-bond acceptors (Lipinski definition) is 3. The van der Waals surface area contributed by atoms with Gasteiger partial charge in [0.2, 0.25) is 5.79 Å². The number of nitrogens with one attached hydrogen (secondary N) is 1. The van der Waals surface area contributed by atoms with E-state index in [4.69, 9.17) is 9.47 Å². The molecule has 0 aliphatic heterocycles. The molecule has 27 heavy (non-hydrogen) atoms. The van der Waals surface area contributed by atoms with E-state index in [0.717, 1.165) is 37.1 Å². The van der Waals surface area contributed by atoms with Crippen molar-refractivity contribution in [1.82, 2.24) is 9.97 Å². The Kier molecular flexibility index (Phi) is 7.02. The summed E-state index contributed by atoms with van der Waals surface area (Å²) in [6.07, 6.45) is 8.37. The predicted molar refractivity (Wildman–Crippen MR) is 110 cm³/mol. The van der Waals surface area contributed by atoms with Crippen molar-refractivity contribution >= 4 is 10.8 Å². The van der Waals surface area contributed by atoms with Gasteiger partial charge in [-0.2, -0.15) is 0 Å². The predicted octanol–water partition coefficient (Wildman–Crippen LogP) is 5.59. The van der Waals surface area contributed by atoms with Crippen molar-refractivity contribution in [3.63, 3.8) is 0 Å². The highest BCUT2D eigenvalue weighted by atomic mass is 16.7. The highest BCUT2D eigenvalue weighted by Gasteiger charge is 2.36. The van der Waals surface area contributed by atoms with Gasteiger partial charge in [0, 0.05) is 18.0 Å². The fourth-order valence-corrected chi connectivity index (χ4v) is 3.22. The Morgan fingerprint density at radius 1 is 0.926 bits per heavy atom. The van der Waals surface area contributed by atoms with Crippen molar-refractivity contribution in [2.24, 2.45) is 0 Å². The third kappa shape index (κ3) is 4.96. The quantitative estimate of drug-likeness (QED) is 0.355. The molecule has 0 unspecified atom stereocenters. The number of hydrogen-bond donors (Lipinski definition) is 1. The molecule has 0 atom stereocenters. The molecule has 3 rings (SSSR count). The second kappa shape index (κ2) is 9.67. The average Bonchev–Trinajstić information content (AvgIpc) is 3.20. The van der Waals surface area contributed by atoms with Crippen LogP contribution in [0.25, 0.3) is 10.8 Å². The number of H-pyrrole nitrogens is 1. The van der Waals surface area contributed by atoms with Gasteiger partial charge in [-0.25, -0.2) is 4.98 Å². The summed E-state index contributed by atoms with van der Waals surface area (Å²) >= 11 is 0. The SMILES string of the molecule is CCCCOC(Cc1ncc[nH]1)(OCCCC)c1ccc2ccccc2c1. The number of rotatable bonds is 11. The summed E-state index contributed by atoms with van der Waals surface area (Å²) in [5.74, 6) is 0.0443. The van der Waals surface area contributed by atoms with Crippen LogP contribution in [0, 0.1) is 0 Å². The summed E-state index contributed by atoms with van der Waals surface area (Å²) in [7, 11) is 0. The van der Waals surface area contributed by atoms with E-state index < -0.39 is 5.79 Å². The molecule has 1 heterocycles. The molecule has 0 fully saturated rings. The molecule has 4 heteroatoms. The molecule has 1 aromatic heterocycles. The van der Waals surface area contributed by atoms with Crippen molar-refractivity contribution in [2.75, 3.05) is 13.2 Å². The van der Waals surface area contributed by atoms with E-state index in [-0.39, 0.29) is 0 Å². The van der Waals surface area contributed by atoms with Gasteiger partial charge in [0.25, 0.3) is 0 Å². The maximum atomic E-state index is 6.44. The number of ether oxygens (including phenoxy) is 2. The Morgan fingerprint density at radius 2 is 1.63 bits per heavy atom.